The van der Waals surface area contributed by atoms with Gasteiger partial charge in [0.15, 0.2) is 22.9 Å². The maximum atomic E-state index is 14.1. The van der Waals surface area contributed by atoms with Crippen LogP contribution in [0.3, 0.4) is 0 Å². The average molecular weight is 590 g/mol. The van der Waals surface area contributed by atoms with E-state index in [0.717, 1.165) is 54.3 Å². The summed E-state index contributed by atoms with van der Waals surface area (Å²) in [5.41, 5.74) is 1.20. The van der Waals surface area contributed by atoms with Gasteiger partial charge in [-0.2, -0.15) is 0 Å². The van der Waals surface area contributed by atoms with Crippen molar-refractivity contribution in [2.75, 3.05) is 27.2 Å². The van der Waals surface area contributed by atoms with Gasteiger partial charge in [-0.3, -0.25) is 4.79 Å². The first-order valence-electron chi connectivity index (χ1n) is 12.9. The van der Waals surface area contributed by atoms with Crippen LogP contribution in [0.4, 0.5) is 0 Å². The smallest absolute Gasteiger partial charge is 0.184 e. The van der Waals surface area contributed by atoms with Crippen molar-refractivity contribution >= 4 is 5.78 Å². The zero-order chi connectivity index (χ0) is 23.8. The molecule has 3 unspecified atom stereocenters. The minimum atomic E-state index is -1.06. The van der Waals surface area contributed by atoms with Gasteiger partial charge in [-0.05, 0) is 30.0 Å². The number of Topliss-reactive ketones (excluding diaryl/α,β-unsaturated/α-hetero) is 1. The fraction of sp³-hybridized carbons (Fsp3) is 0.552. The maximum absolute atomic E-state index is 14.1. The number of halogens is 1. The lowest BCUT2D eigenvalue weighted by molar-refractivity contribution is -0.932. The Hall–Kier alpha value is -1.64. The molecular weight excluding hydrogens is 553 g/mol. The first-order valence-corrected chi connectivity index (χ1v) is 12.9. The van der Waals surface area contributed by atoms with Gasteiger partial charge in [0.1, 0.15) is 11.6 Å². The van der Waals surface area contributed by atoms with E-state index in [4.69, 9.17) is 9.47 Å². The summed E-state index contributed by atoms with van der Waals surface area (Å²) in [4.78, 5) is 14.1. The van der Waals surface area contributed by atoms with Gasteiger partial charge in [-0.25, -0.2) is 0 Å². The number of rotatable bonds is 6. The lowest BCUT2D eigenvalue weighted by Gasteiger charge is -2.67. The molecule has 4 aliphatic rings. The second kappa shape index (κ2) is 8.45. The van der Waals surface area contributed by atoms with E-state index in [1.807, 2.05) is 18.2 Å². The molecule has 2 fully saturated rings. The Morgan fingerprint density at radius 1 is 1.14 bits per heavy atom. The molecule has 1 spiro atoms. The van der Waals surface area contributed by atoms with Gasteiger partial charge in [-0.1, -0.05) is 49.7 Å². The van der Waals surface area contributed by atoms with Crippen LogP contribution < -0.4 is 28.7 Å². The standard InChI is InChI=1S/C29H35NO4.HI/c1-4-5-17-33-28-14-13-24(32)29(19-20-9-7-6-8-10-20)27(28)15-16-30(2,3)23(28)18-21-11-12-22(31)26(34-29)25(21)27;/h6-12,23H,4-5,13-19H2,1-3H3;1H/t23?,27-,28?,29?;/m1./s1. The van der Waals surface area contributed by atoms with E-state index in [1.54, 1.807) is 6.07 Å². The van der Waals surface area contributed by atoms with Crippen molar-refractivity contribution in [3.05, 3.63) is 59.2 Å². The van der Waals surface area contributed by atoms with Crippen molar-refractivity contribution in [3.63, 3.8) is 0 Å². The highest BCUT2D eigenvalue weighted by Crippen LogP contribution is 2.70. The number of hydrogen-bond acceptors (Lipinski definition) is 4. The Balaban J connectivity index is 0.00000253. The van der Waals surface area contributed by atoms with Gasteiger partial charge in [0.2, 0.25) is 0 Å². The number of nitrogens with zero attached hydrogens (tertiary/aromatic N) is 1. The van der Waals surface area contributed by atoms with Crippen LogP contribution in [0.2, 0.25) is 0 Å². The number of ether oxygens (including phenoxy) is 2. The zero-order valence-corrected chi connectivity index (χ0v) is 23.1. The van der Waals surface area contributed by atoms with E-state index in [-0.39, 0.29) is 41.6 Å². The second-order valence-corrected chi connectivity index (χ2v) is 11.4. The molecule has 2 aliphatic heterocycles. The molecule has 1 saturated heterocycles. The summed E-state index contributed by atoms with van der Waals surface area (Å²) in [6.45, 7) is 3.83. The average Bonchev–Trinajstić information content (AvgIpc) is 3.13. The predicted molar refractivity (Wildman–Crippen MR) is 130 cm³/mol. The lowest BCUT2D eigenvalue weighted by Crippen LogP contribution is -3.00. The van der Waals surface area contributed by atoms with Crippen molar-refractivity contribution in [3.8, 4) is 11.5 Å². The van der Waals surface area contributed by atoms with Gasteiger partial charge >= 0.3 is 0 Å². The van der Waals surface area contributed by atoms with Crippen LogP contribution in [0, 0.1) is 0 Å². The largest absolute Gasteiger partial charge is 1.00 e. The third kappa shape index (κ3) is 3.08. The zero-order valence-electron chi connectivity index (χ0n) is 21.0. The summed E-state index contributed by atoms with van der Waals surface area (Å²) < 4.78 is 14.8. The van der Waals surface area contributed by atoms with E-state index < -0.39 is 16.6 Å². The minimum absolute atomic E-state index is 0. The Labute approximate surface area is 225 Å². The SMILES string of the molecule is CCCCOC12CCC(=O)C3(Cc4ccccc4)Oc4c(O)ccc5c4[C@@]31CC[N+](C)(C)C2C5.[I-]. The molecule has 6 heteroatoms. The molecule has 0 amide bonds. The molecule has 6 rings (SSSR count). The number of carbonyl (C=O) groups excluding carboxylic acids is 1. The molecule has 2 bridgehead atoms. The molecule has 35 heavy (non-hydrogen) atoms. The Kier molecular flexibility index (Phi) is 6.04. The Bertz CT molecular complexity index is 1150. The fourth-order valence-electron chi connectivity index (χ4n) is 8.03. The monoisotopic (exact) mass is 589 g/mol. The Morgan fingerprint density at radius 3 is 2.66 bits per heavy atom. The quantitative estimate of drug-likeness (QED) is 0.314. The molecule has 5 nitrogen and oxygen atoms in total. The highest BCUT2D eigenvalue weighted by molar-refractivity contribution is 5.94. The van der Waals surface area contributed by atoms with Crippen LogP contribution in [-0.2, 0) is 27.8 Å². The molecule has 0 radical (unpaired) electrons. The number of phenols is 1. The number of unbranched alkanes of at least 4 members (excludes halogenated alkanes) is 1. The van der Waals surface area contributed by atoms with Gasteiger partial charge in [0.05, 0.1) is 26.1 Å². The number of phenolic OH excluding ortho intramolecular Hbond substituents is 1. The summed E-state index contributed by atoms with van der Waals surface area (Å²) in [5, 5.41) is 11.0. The van der Waals surface area contributed by atoms with Crippen molar-refractivity contribution in [1.82, 2.24) is 0 Å². The van der Waals surface area contributed by atoms with Crippen molar-refractivity contribution in [1.29, 1.82) is 0 Å². The number of ketones is 1. The molecular formula is C29H36INO4. The van der Waals surface area contributed by atoms with Crippen molar-refractivity contribution in [2.24, 2.45) is 0 Å². The minimum Gasteiger partial charge on any atom is -1.00 e. The summed E-state index contributed by atoms with van der Waals surface area (Å²) in [6, 6.07) is 14.3. The number of piperidine rings is 1. The summed E-state index contributed by atoms with van der Waals surface area (Å²) >= 11 is 0. The van der Waals surface area contributed by atoms with Crippen LogP contribution in [0.1, 0.15) is 55.7 Å². The highest BCUT2D eigenvalue weighted by Gasteiger charge is 2.82. The number of likely N-dealkylation sites (N-methyl/N-ethyl adjacent to an activating group) is 1. The van der Waals surface area contributed by atoms with E-state index >= 15 is 0 Å². The van der Waals surface area contributed by atoms with Crippen LogP contribution in [0.15, 0.2) is 42.5 Å². The van der Waals surface area contributed by atoms with Crippen LogP contribution in [0.5, 0.6) is 11.5 Å². The number of quaternary nitrogens is 1. The normalized spacial score (nSPS) is 33.5. The van der Waals surface area contributed by atoms with E-state index in [2.05, 4.69) is 39.2 Å². The van der Waals surface area contributed by atoms with Gasteiger partial charge < -0.3 is 43.0 Å². The molecule has 188 valence electrons. The third-order valence-electron chi connectivity index (χ3n) is 9.52. The summed E-state index contributed by atoms with van der Waals surface area (Å²) in [7, 11) is 4.64. The molecule has 4 atom stereocenters. The molecule has 2 aromatic rings. The number of benzene rings is 2. The molecule has 1 N–H and O–H groups in total. The van der Waals surface area contributed by atoms with Gasteiger partial charge in [0.25, 0.3) is 0 Å². The third-order valence-corrected chi connectivity index (χ3v) is 9.52. The predicted octanol–water partition coefficient (Wildman–Crippen LogP) is 1.33. The van der Waals surface area contributed by atoms with Crippen LogP contribution >= 0.6 is 0 Å². The number of carbonyl (C=O) groups is 1. The molecule has 0 aromatic heterocycles. The van der Waals surface area contributed by atoms with E-state index in [9.17, 15) is 9.90 Å². The highest BCUT2D eigenvalue weighted by atomic mass is 127. The van der Waals surface area contributed by atoms with Gasteiger partial charge in [0, 0.05) is 37.9 Å². The number of aromatic hydroxyl groups is 1. The van der Waals surface area contributed by atoms with E-state index in [1.165, 1.54) is 5.56 Å². The van der Waals surface area contributed by atoms with Crippen LogP contribution in [0.25, 0.3) is 0 Å². The number of hydrogen-bond donors (Lipinski definition) is 1. The molecule has 1 saturated carbocycles. The van der Waals surface area contributed by atoms with E-state index in [0.29, 0.717) is 25.2 Å². The Morgan fingerprint density at radius 2 is 1.91 bits per heavy atom. The van der Waals surface area contributed by atoms with Crippen molar-refractivity contribution < 1.29 is 47.8 Å². The fourth-order valence-corrected chi connectivity index (χ4v) is 8.03. The number of likely N-dealkylation sites (tertiary alicyclic amines) is 1. The summed E-state index contributed by atoms with van der Waals surface area (Å²) in [6.07, 6.45) is 5.42. The molecule has 2 aromatic carbocycles. The first kappa shape index (κ1) is 25.0. The topological polar surface area (TPSA) is 55.8 Å². The van der Waals surface area contributed by atoms with Gasteiger partial charge in [-0.15, -0.1) is 0 Å². The van der Waals surface area contributed by atoms with Crippen molar-refractivity contribution in [2.45, 2.75) is 74.5 Å². The molecule has 2 aliphatic carbocycles. The maximum Gasteiger partial charge on any atom is 0.184 e. The second-order valence-electron chi connectivity index (χ2n) is 11.4. The van der Waals surface area contributed by atoms with Crippen LogP contribution in [-0.4, -0.2) is 59.9 Å². The lowest BCUT2D eigenvalue weighted by atomic mass is 9.43. The first-order chi connectivity index (χ1) is 16.3. The summed E-state index contributed by atoms with van der Waals surface area (Å²) in [5.74, 6) is 0.821. The molecule has 2 heterocycles.